The normalized spacial score (nSPS) is 15.4. The summed E-state index contributed by atoms with van der Waals surface area (Å²) in [4.78, 5) is 34.9. The molecule has 2 amide bonds. The minimum Gasteiger partial charge on any atom is -0.493 e. The van der Waals surface area contributed by atoms with Gasteiger partial charge in [-0.1, -0.05) is 6.07 Å². The Labute approximate surface area is 189 Å². The van der Waals surface area contributed by atoms with Crippen LogP contribution in [0.15, 0.2) is 53.7 Å². The highest BCUT2D eigenvalue weighted by molar-refractivity contribution is 5.95. The highest BCUT2D eigenvalue weighted by Crippen LogP contribution is 2.35. The Morgan fingerprint density at radius 1 is 1.12 bits per heavy atom. The molecule has 11 heteroatoms. The van der Waals surface area contributed by atoms with E-state index in [9.17, 15) is 19.7 Å². The van der Waals surface area contributed by atoms with Crippen LogP contribution in [0.5, 0.6) is 11.5 Å². The Kier molecular flexibility index (Phi) is 7.46. The molecule has 2 aromatic carbocycles. The Balaban J connectivity index is 1.82. The molecule has 0 radical (unpaired) electrons. The molecule has 1 unspecified atom stereocenters. The van der Waals surface area contributed by atoms with Crippen LogP contribution in [0.4, 0.5) is 10.5 Å². The summed E-state index contributed by atoms with van der Waals surface area (Å²) >= 11 is 0. The van der Waals surface area contributed by atoms with Gasteiger partial charge in [-0.3, -0.25) is 10.1 Å². The van der Waals surface area contributed by atoms with E-state index in [2.05, 4.69) is 10.6 Å². The third-order valence-electron chi connectivity index (χ3n) is 4.86. The van der Waals surface area contributed by atoms with E-state index in [0.29, 0.717) is 22.8 Å². The van der Waals surface area contributed by atoms with E-state index in [1.807, 2.05) is 0 Å². The monoisotopic (exact) mass is 457 g/mol. The van der Waals surface area contributed by atoms with Crippen LogP contribution in [0.2, 0.25) is 0 Å². The fourth-order valence-electron chi connectivity index (χ4n) is 3.26. The van der Waals surface area contributed by atoms with Gasteiger partial charge < -0.3 is 29.6 Å². The molecule has 1 heterocycles. The topological polar surface area (TPSA) is 138 Å². The summed E-state index contributed by atoms with van der Waals surface area (Å²) in [6.45, 7) is 1.54. The van der Waals surface area contributed by atoms with E-state index < -0.39 is 23.0 Å². The number of non-ortho nitro benzene ring substituents is 1. The van der Waals surface area contributed by atoms with E-state index in [1.54, 1.807) is 37.3 Å². The highest BCUT2D eigenvalue weighted by Gasteiger charge is 2.32. The molecule has 1 atom stereocenters. The fourth-order valence-corrected chi connectivity index (χ4v) is 3.26. The number of hydrogen-bond acceptors (Lipinski definition) is 8. The van der Waals surface area contributed by atoms with Crippen LogP contribution >= 0.6 is 0 Å². The Bertz CT molecular complexity index is 1080. The number of amides is 2. The van der Waals surface area contributed by atoms with Gasteiger partial charge >= 0.3 is 12.0 Å². The summed E-state index contributed by atoms with van der Waals surface area (Å²) in [6, 6.07) is 9.78. The second-order valence-corrected chi connectivity index (χ2v) is 7.03. The molecule has 0 bridgehead atoms. The number of carbonyl (C=O) groups is 2. The zero-order valence-electron chi connectivity index (χ0n) is 18.2. The summed E-state index contributed by atoms with van der Waals surface area (Å²) in [5, 5.41) is 16.1. The number of nitrogens with one attached hydrogen (secondary N) is 2. The Morgan fingerprint density at radius 2 is 1.85 bits per heavy atom. The summed E-state index contributed by atoms with van der Waals surface area (Å²) in [7, 11) is 2.86. The maximum Gasteiger partial charge on any atom is 0.340 e. The van der Waals surface area contributed by atoms with Crippen LogP contribution in [0.25, 0.3) is 0 Å². The number of hydrogen-bond donors (Lipinski definition) is 2. The van der Waals surface area contributed by atoms with Crippen LogP contribution < -0.4 is 20.1 Å². The van der Waals surface area contributed by atoms with E-state index in [1.165, 1.54) is 26.4 Å². The van der Waals surface area contributed by atoms with Crippen molar-refractivity contribution in [2.45, 2.75) is 19.6 Å². The quantitative estimate of drug-likeness (QED) is 0.254. The van der Waals surface area contributed by atoms with Gasteiger partial charge in [-0.25, -0.2) is 9.59 Å². The van der Waals surface area contributed by atoms with Gasteiger partial charge in [0.05, 0.1) is 23.6 Å². The molecule has 11 nitrogen and oxygen atoms in total. The number of carbonyl (C=O) groups excluding carboxylic acids is 2. The first-order valence-electron chi connectivity index (χ1n) is 9.82. The van der Waals surface area contributed by atoms with Crippen molar-refractivity contribution in [1.29, 1.82) is 0 Å². The van der Waals surface area contributed by atoms with Crippen molar-refractivity contribution in [2.75, 3.05) is 21.0 Å². The van der Waals surface area contributed by atoms with E-state index in [0.717, 1.165) is 5.56 Å². The average Bonchev–Trinajstić information content (AvgIpc) is 2.80. The van der Waals surface area contributed by atoms with Crippen molar-refractivity contribution in [3.05, 3.63) is 75.0 Å². The van der Waals surface area contributed by atoms with Gasteiger partial charge in [-0.15, -0.1) is 0 Å². The molecule has 0 aliphatic carbocycles. The lowest BCUT2D eigenvalue weighted by Crippen LogP contribution is -2.45. The smallest absolute Gasteiger partial charge is 0.340 e. The van der Waals surface area contributed by atoms with Gasteiger partial charge in [-0.2, -0.15) is 0 Å². The molecular weight excluding hydrogens is 434 g/mol. The van der Waals surface area contributed by atoms with Crippen molar-refractivity contribution in [1.82, 2.24) is 10.6 Å². The molecule has 2 aromatic rings. The second kappa shape index (κ2) is 10.5. The summed E-state index contributed by atoms with van der Waals surface area (Å²) < 4.78 is 21.1. The number of nitrogens with zero attached hydrogens (tertiary/aromatic N) is 1. The van der Waals surface area contributed by atoms with Crippen LogP contribution in [-0.4, -0.2) is 37.9 Å². The van der Waals surface area contributed by atoms with E-state index >= 15 is 0 Å². The summed E-state index contributed by atoms with van der Waals surface area (Å²) in [5.41, 5.74) is 1.90. The minimum atomic E-state index is -0.777. The lowest BCUT2D eigenvalue weighted by Gasteiger charge is -2.28. The third kappa shape index (κ3) is 5.57. The summed E-state index contributed by atoms with van der Waals surface area (Å²) in [5.74, 6) is 0.165. The Morgan fingerprint density at radius 3 is 2.48 bits per heavy atom. The maximum absolute atomic E-state index is 12.6. The molecular formula is C22H23N3O8. The largest absolute Gasteiger partial charge is 0.493 e. The highest BCUT2D eigenvalue weighted by atomic mass is 16.7. The number of nitro benzene ring substituents is 1. The molecule has 0 aromatic heterocycles. The molecule has 0 saturated heterocycles. The van der Waals surface area contributed by atoms with E-state index in [4.69, 9.17) is 18.9 Å². The number of methoxy groups -OCH3 is 2. The lowest BCUT2D eigenvalue weighted by atomic mass is 9.95. The van der Waals surface area contributed by atoms with Crippen molar-refractivity contribution in [3.8, 4) is 11.5 Å². The number of nitro groups is 1. The molecule has 3 rings (SSSR count). The van der Waals surface area contributed by atoms with Crippen LogP contribution in [-0.2, 0) is 20.9 Å². The first kappa shape index (κ1) is 23.5. The molecule has 0 saturated carbocycles. The van der Waals surface area contributed by atoms with E-state index in [-0.39, 0.29) is 24.7 Å². The van der Waals surface area contributed by atoms with Crippen LogP contribution in [0.1, 0.15) is 24.1 Å². The first-order chi connectivity index (χ1) is 15.8. The van der Waals surface area contributed by atoms with Crippen molar-refractivity contribution in [3.63, 3.8) is 0 Å². The molecule has 2 N–H and O–H groups in total. The zero-order valence-corrected chi connectivity index (χ0v) is 18.2. The number of ether oxygens (including phenoxy) is 4. The SMILES string of the molecule is COCOC(=O)C1=C(C)NC(=O)NC1c1ccc(OCc2ccc([N+](=O)[O-])cc2)c(OC)c1. The van der Waals surface area contributed by atoms with Gasteiger partial charge in [-0.05, 0) is 42.3 Å². The van der Waals surface area contributed by atoms with Gasteiger partial charge in [0.2, 0.25) is 0 Å². The second-order valence-electron chi connectivity index (χ2n) is 7.03. The maximum atomic E-state index is 12.6. The third-order valence-corrected chi connectivity index (χ3v) is 4.86. The Hall–Kier alpha value is -4.12. The van der Waals surface area contributed by atoms with Crippen molar-refractivity contribution < 1.29 is 33.5 Å². The van der Waals surface area contributed by atoms with Crippen molar-refractivity contribution >= 4 is 17.7 Å². The number of rotatable bonds is 9. The number of urea groups is 1. The predicted molar refractivity (Wildman–Crippen MR) is 115 cm³/mol. The number of allylic oxidation sites excluding steroid dienone is 1. The van der Waals surface area contributed by atoms with Crippen molar-refractivity contribution in [2.24, 2.45) is 0 Å². The van der Waals surface area contributed by atoms with Gasteiger partial charge in [0.25, 0.3) is 5.69 Å². The van der Waals surface area contributed by atoms with Gasteiger partial charge in [0.15, 0.2) is 18.3 Å². The van der Waals surface area contributed by atoms with Crippen LogP contribution in [0, 0.1) is 10.1 Å². The molecule has 1 aliphatic heterocycles. The molecule has 0 fully saturated rings. The first-order valence-corrected chi connectivity index (χ1v) is 9.82. The fraction of sp³-hybridized carbons (Fsp3) is 0.273. The van der Waals surface area contributed by atoms with Crippen LogP contribution in [0.3, 0.4) is 0 Å². The molecule has 1 aliphatic rings. The number of benzene rings is 2. The summed E-state index contributed by atoms with van der Waals surface area (Å²) in [6.07, 6.45) is 0. The predicted octanol–water partition coefficient (Wildman–Crippen LogP) is 2.96. The molecule has 33 heavy (non-hydrogen) atoms. The van der Waals surface area contributed by atoms with Gasteiger partial charge in [0, 0.05) is 24.9 Å². The average molecular weight is 457 g/mol. The molecule has 0 spiro atoms. The van der Waals surface area contributed by atoms with Gasteiger partial charge in [0.1, 0.15) is 6.61 Å². The standard InChI is InChI=1S/C22H23N3O8/c1-13-19(21(26)33-12-30-2)20(24-22(27)23-13)15-6-9-17(18(10-15)31-3)32-11-14-4-7-16(8-5-14)25(28)29/h4-10,20H,11-12H2,1-3H3,(H2,23,24,27). The number of esters is 1. The molecule has 174 valence electrons. The lowest BCUT2D eigenvalue weighted by molar-refractivity contribution is -0.384. The minimum absolute atomic E-state index is 0.00659. The zero-order chi connectivity index (χ0) is 24.0.